The number of hydrogen-bond donors (Lipinski definition) is 0. The van der Waals surface area contributed by atoms with Crippen molar-refractivity contribution in [2.24, 2.45) is 0 Å². The fourth-order valence-corrected chi connectivity index (χ4v) is 2.22. The molecule has 0 saturated carbocycles. The first kappa shape index (κ1) is 15.8. The molecule has 5 nitrogen and oxygen atoms in total. The highest BCUT2D eigenvalue weighted by Crippen LogP contribution is 2.26. The van der Waals surface area contributed by atoms with Gasteiger partial charge >= 0.3 is 5.97 Å². The van der Waals surface area contributed by atoms with Crippen LogP contribution in [0.15, 0.2) is 42.7 Å². The summed E-state index contributed by atoms with van der Waals surface area (Å²) in [7, 11) is 0. The lowest BCUT2D eigenvalue weighted by Crippen LogP contribution is -2.30. The van der Waals surface area contributed by atoms with Crippen LogP contribution in [-0.2, 0) is 9.53 Å². The summed E-state index contributed by atoms with van der Waals surface area (Å²) in [6, 6.07) is 9.56. The number of rotatable bonds is 6. The van der Waals surface area contributed by atoms with Crippen LogP contribution >= 0.6 is 0 Å². The van der Waals surface area contributed by atoms with Crippen LogP contribution in [0.1, 0.15) is 31.1 Å². The molecule has 1 aromatic carbocycles. The Kier molecular flexibility index (Phi) is 4.99. The number of anilines is 1. The van der Waals surface area contributed by atoms with Crippen molar-refractivity contribution in [3.8, 4) is 5.69 Å². The van der Waals surface area contributed by atoms with E-state index in [4.69, 9.17) is 4.74 Å². The van der Waals surface area contributed by atoms with Crippen molar-refractivity contribution in [3.05, 3.63) is 48.3 Å². The zero-order valence-electron chi connectivity index (χ0n) is 13.0. The number of aromatic nitrogens is 1. The van der Waals surface area contributed by atoms with Gasteiger partial charge in [0.15, 0.2) is 0 Å². The van der Waals surface area contributed by atoms with Crippen molar-refractivity contribution >= 4 is 18.1 Å². The molecule has 0 spiro atoms. The number of carbonyl (C=O) groups excluding carboxylic acids is 2. The summed E-state index contributed by atoms with van der Waals surface area (Å²) >= 11 is 0. The summed E-state index contributed by atoms with van der Waals surface area (Å²) in [6.07, 6.45) is 4.20. The molecule has 0 bridgehead atoms. The summed E-state index contributed by atoms with van der Waals surface area (Å²) < 4.78 is 6.92. The van der Waals surface area contributed by atoms with E-state index in [0.29, 0.717) is 11.3 Å². The lowest BCUT2D eigenvalue weighted by Gasteiger charge is -2.21. The molecule has 1 amide bonds. The van der Waals surface area contributed by atoms with E-state index < -0.39 is 5.97 Å². The Labute approximate surface area is 130 Å². The topological polar surface area (TPSA) is 51.5 Å². The minimum atomic E-state index is -0.431. The monoisotopic (exact) mass is 300 g/mol. The number of esters is 1. The molecule has 0 saturated heterocycles. The molecule has 0 atom stereocenters. The quantitative estimate of drug-likeness (QED) is 0.608. The first-order chi connectivity index (χ1) is 10.6. The largest absolute Gasteiger partial charge is 0.462 e. The average molecular weight is 300 g/mol. The SMILES string of the molecule is CCOC(=O)c1cn(-c2ccccc2)cc1N(C=O)C(C)C. The molecule has 0 aliphatic heterocycles. The lowest BCUT2D eigenvalue weighted by molar-refractivity contribution is -0.107. The predicted octanol–water partition coefficient (Wildman–Crippen LogP) is 3.03. The van der Waals surface area contributed by atoms with Crippen molar-refractivity contribution in [1.29, 1.82) is 0 Å². The number of nitrogens with zero attached hydrogens (tertiary/aromatic N) is 2. The van der Waals surface area contributed by atoms with Crippen LogP contribution in [0, 0.1) is 0 Å². The van der Waals surface area contributed by atoms with Gasteiger partial charge in [0.2, 0.25) is 6.41 Å². The Bertz CT molecular complexity index is 647. The van der Waals surface area contributed by atoms with Crippen LogP contribution in [-0.4, -0.2) is 29.6 Å². The van der Waals surface area contributed by atoms with E-state index in [9.17, 15) is 9.59 Å². The maximum atomic E-state index is 12.2. The average Bonchev–Trinajstić information content (AvgIpc) is 2.94. The molecule has 2 rings (SSSR count). The van der Waals surface area contributed by atoms with E-state index >= 15 is 0 Å². The second-order valence-electron chi connectivity index (χ2n) is 5.13. The molecule has 1 aromatic heterocycles. The van der Waals surface area contributed by atoms with Crippen molar-refractivity contribution in [2.75, 3.05) is 11.5 Å². The van der Waals surface area contributed by atoms with Crippen LogP contribution in [0.5, 0.6) is 0 Å². The predicted molar refractivity (Wildman–Crippen MR) is 85.4 cm³/mol. The summed E-state index contributed by atoms with van der Waals surface area (Å²) in [5.74, 6) is -0.431. The fourth-order valence-electron chi connectivity index (χ4n) is 2.22. The third-order valence-electron chi connectivity index (χ3n) is 3.30. The number of carbonyl (C=O) groups is 2. The Morgan fingerprint density at radius 2 is 1.95 bits per heavy atom. The number of hydrogen-bond acceptors (Lipinski definition) is 3. The minimum Gasteiger partial charge on any atom is -0.462 e. The van der Waals surface area contributed by atoms with Crippen molar-refractivity contribution < 1.29 is 14.3 Å². The summed E-state index contributed by atoms with van der Waals surface area (Å²) in [4.78, 5) is 25.1. The van der Waals surface area contributed by atoms with Gasteiger partial charge in [-0.15, -0.1) is 0 Å². The first-order valence-electron chi connectivity index (χ1n) is 7.26. The van der Waals surface area contributed by atoms with Gasteiger partial charge in [0.05, 0.1) is 12.3 Å². The van der Waals surface area contributed by atoms with Gasteiger partial charge in [-0.3, -0.25) is 4.79 Å². The van der Waals surface area contributed by atoms with Crippen LogP contribution in [0.3, 0.4) is 0 Å². The highest BCUT2D eigenvalue weighted by molar-refractivity contribution is 5.98. The van der Waals surface area contributed by atoms with Crippen molar-refractivity contribution in [2.45, 2.75) is 26.8 Å². The minimum absolute atomic E-state index is 0.0581. The molecule has 0 N–H and O–H groups in total. The van der Waals surface area contributed by atoms with Crippen molar-refractivity contribution in [1.82, 2.24) is 4.57 Å². The molecule has 22 heavy (non-hydrogen) atoms. The molecule has 5 heteroatoms. The maximum Gasteiger partial charge on any atom is 0.341 e. The van der Waals surface area contributed by atoms with Crippen molar-refractivity contribution in [3.63, 3.8) is 0 Å². The highest BCUT2D eigenvalue weighted by Gasteiger charge is 2.22. The van der Waals surface area contributed by atoms with Crippen LogP contribution in [0.2, 0.25) is 0 Å². The highest BCUT2D eigenvalue weighted by atomic mass is 16.5. The van der Waals surface area contributed by atoms with Gasteiger partial charge in [-0.25, -0.2) is 4.79 Å². The molecule has 0 aliphatic rings. The zero-order valence-corrected chi connectivity index (χ0v) is 13.0. The van der Waals surface area contributed by atoms with Crippen LogP contribution in [0.4, 0.5) is 5.69 Å². The van der Waals surface area contributed by atoms with Gasteiger partial charge < -0.3 is 14.2 Å². The summed E-state index contributed by atoms with van der Waals surface area (Å²) in [5, 5.41) is 0. The van der Waals surface area contributed by atoms with E-state index in [0.717, 1.165) is 12.1 Å². The van der Waals surface area contributed by atoms with Gasteiger partial charge in [-0.1, -0.05) is 18.2 Å². The number of amides is 1. The van der Waals surface area contributed by atoms with Gasteiger partial charge in [0.25, 0.3) is 0 Å². The normalized spacial score (nSPS) is 10.5. The molecule has 0 unspecified atom stereocenters. The molecule has 0 fully saturated rings. The van der Waals surface area contributed by atoms with E-state index in [-0.39, 0.29) is 12.6 Å². The van der Waals surface area contributed by atoms with E-state index in [1.165, 1.54) is 4.90 Å². The van der Waals surface area contributed by atoms with E-state index in [2.05, 4.69) is 0 Å². The molecule has 0 radical (unpaired) electrons. The molecular formula is C17H20N2O3. The Balaban J connectivity index is 2.52. The van der Waals surface area contributed by atoms with Crippen LogP contribution in [0.25, 0.3) is 5.69 Å². The van der Waals surface area contributed by atoms with E-state index in [1.807, 2.05) is 48.7 Å². The fraction of sp³-hybridized carbons (Fsp3) is 0.294. The molecular weight excluding hydrogens is 280 g/mol. The second-order valence-corrected chi connectivity index (χ2v) is 5.13. The standard InChI is InChI=1S/C17H20N2O3/c1-4-22-17(21)15-10-18(14-8-6-5-7-9-14)11-16(15)19(12-20)13(2)3/h5-13H,4H2,1-3H3. The Morgan fingerprint density at radius 3 is 2.50 bits per heavy atom. The van der Waals surface area contributed by atoms with E-state index in [1.54, 1.807) is 19.3 Å². The summed E-state index contributed by atoms with van der Waals surface area (Å²) in [5.41, 5.74) is 1.84. The molecule has 116 valence electrons. The van der Waals surface area contributed by atoms with Gasteiger partial charge in [0, 0.05) is 24.1 Å². The zero-order chi connectivity index (χ0) is 16.1. The molecule has 2 aromatic rings. The van der Waals surface area contributed by atoms with Crippen LogP contribution < -0.4 is 4.90 Å². The number of benzene rings is 1. The van der Waals surface area contributed by atoms with Gasteiger partial charge in [-0.05, 0) is 32.9 Å². The number of para-hydroxylation sites is 1. The Morgan fingerprint density at radius 1 is 1.27 bits per heavy atom. The molecule has 0 aliphatic carbocycles. The number of ether oxygens (including phenoxy) is 1. The maximum absolute atomic E-state index is 12.2. The lowest BCUT2D eigenvalue weighted by atomic mass is 10.2. The third kappa shape index (κ3) is 3.19. The smallest absolute Gasteiger partial charge is 0.341 e. The molecule has 1 heterocycles. The Hall–Kier alpha value is -2.56. The van der Waals surface area contributed by atoms with Gasteiger partial charge in [-0.2, -0.15) is 0 Å². The third-order valence-corrected chi connectivity index (χ3v) is 3.30. The second kappa shape index (κ2) is 6.93. The first-order valence-corrected chi connectivity index (χ1v) is 7.26. The van der Waals surface area contributed by atoms with Gasteiger partial charge in [0.1, 0.15) is 5.56 Å². The summed E-state index contributed by atoms with van der Waals surface area (Å²) in [6.45, 7) is 5.83.